The highest BCUT2D eigenvalue weighted by Crippen LogP contribution is 2.08. The van der Waals surface area contributed by atoms with Crippen LogP contribution in [0.15, 0.2) is 84.9 Å². The third kappa shape index (κ3) is 22.0. The zero-order valence-corrected chi connectivity index (χ0v) is 24.9. The molecule has 10 nitrogen and oxygen atoms in total. The first-order chi connectivity index (χ1) is 20.7. The minimum atomic E-state index is -0.933. The van der Waals surface area contributed by atoms with E-state index in [-0.39, 0.29) is 12.3 Å². The normalized spacial score (nSPS) is 10.2. The summed E-state index contributed by atoms with van der Waals surface area (Å²) in [5, 5.41) is 19.4. The number of hydrogen-bond acceptors (Lipinski definition) is 7. The Morgan fingerprint density at radius 1 is 0.814 bits per heavy atom. The first kappa shape index (κ1) is 38.6. The van der Waals surface area contributed by atoms with E-state index in [9.17, 15) is 19.2 Å². The molecular weight excluding hydrogens is 548 g/mol. The fourth-order valence-electron chi connectivity index (χ4n) is 3.31. The Bertz CT molecular complexity index is 1160. The molecule has 3 rings (SSSR count). The van der Waals surface area contributed by atoms with E-state index in [1.54, 1.807) is 36.4 Å². The Morgan fingerprint density at radius 3 is 1.81 bits per heavy atom. The molecule has 0 saturated heterocycles. The lowest BCUT2D eigenvalue weighted by atomic mass is 10.1. The molecule has 0 radical (unpaired) electrons. The molecule has 0 aliphatic rings. The van der Waals surface area contributed by atoms with Gasteiger partial charge < -0.3 is 32.7 Å². The Kier molecular flexibility index (Phi) is 22.8. The maximum atomic E-state index is 11.2. The standard InChI is InChI=1S/C11H13NO2.C8H11N.C8H8O2.C6H14N2O2/c1-2-3-11(14)12-10-6-4-9(8-13)5-7-10;9-7-6-8-4-2-1-3-5-8;9-8(10)6-7-4-2-1-3-5-7;7-4-2-1-3-5(8)6(9)10/h4-8H,2-3H2,1H3,(H,12,14);1-5H,6-7,9H2;1-5H,6H2,(H,9,10);5H,1-4,7-8H2,(H,9,10)/t;;;5-/m...0/s1. The first-order valence-electron chi connectivity index (χ1n) is 14.2. The largest absolute Gasteiger partial charge is 0.481 e. The number of rotatable bonds is 13. The highest BCUT2D eigenvalue weighted by molar-refractivity contribution is 5.91. The Hall–Kier alpha value is -4.38. The number of nitrogens with one attached hydrogen (secondary N) is 1. The third-order valence-electron chi connectivity index (χ3n) is 5.57. The number of nitrogens with two attached hydrogens (primary N) is 3. The van der Waals surface area contributed by atoms with Crippen molar-refractivity contribution in [3.8, 4) is 0 Å². The van der Waals surface area contributed by atoms with Crippen molar-refractivity contribution < 1.29 is 29.4 Å². The van der Waals surface area contributed by atoms with Crippen LogP contribution in [-0.2, 0) is 27.2 Å². The average Bonchev–Trinajstić information content (AvgIpc) is 3.00. The van der Waals surface area contributed by atoms with Crippen molar-refractivity contribution in [1.29, 1.82) is 0 Å². The van der Waals surface area contributed by atoms with Gasteiger partial charge in [-0.2, -0.15) is 0 Å². The topological polar surface area (TPSA) is 199 Å². The molecule has 0 aliphatic carbocycles. The van der Waals surface area contributed by atoms with Crippen molar-refractivity contribution >= 4 is 29.8 Å². The van der Waals surface area contributed by atoms with Gasteiger partial charge in [-0.15, -0.1) is 0 Å². The molecule has 9 N–H and O–H groups in total. The molecular formula is C33H46N4O6. The number of anilines is 1. The molecule has 0 aromatic heterocycles. The van der Waals surface area contributed by atoms with E-state index in [2.05, 4.69) is 17.4 Å². The summed E-state index contributed by atoms with van der Waals surface area (Å²) >= 11 is 0. The summed E-state index contributed by atoms with van der Waals surface area (Å²) in [5.74, 6) is -1.71. The number of amides is 1. The molecule has 0 spiro atoms. The summed E-state index contributed by atoms with van der Waals surface area (Å²) in [7, 11) is 0. The maximum Gasteiger partial charge on any atom is 0.320 e. The molecule has 3 aromatic carbocycles. The van der Waals surface area contributed by atoms with Gasteiger partial charge in [0.15, 0.2) is 0 Å². The number of carbonyl (C=O) groups is 4. The summed E-state index contributed by atoms with van der Waals surface area (Å²) in [6.07, 6.45) is 5.39. The summed E-state index contributed by atoms with van der Waals surface area (Å²) in [6.45, 7) is 3.30. The monoisotopic (exact) mass is 594 g/mol. The molecule has 234 valence electrons. The Balaban J connectivity index is 0.000000556. The Morgan fingerprint density at radius 2 is 1.37 bits per heavy atom. The number of carbonyl (C=O) groups excluding carboxylic acids is 2. The van der Waals surface area contributed by atoms with Crippen molar-refractivity contribution in [3.63, 3.8) is 0 Å². The molecule has 0 saturated carbocycles. The van der Waals surface area contributed by atoms with Crippen LogP contribution in [0.4, 0.5) is 5.69 Å². The molecule has 43 heavy (non-hydrogen) atoms. The SMILES string of the molecule is CCCC(=O)Nc1ccc(C=O)cc1.NCCCC[C@H](N)C(=O)O.NCCc1ccccc1.O=C(O)Cc1ccccc1. The third-order valence-corrected chi connectivity index (χ3v) is 5.57. The van der Waals surface area contributed by atoms with Crippen molar-refractivity contribution in [2.45, 2.75) is 57.9 Å². The van der Waals surface area contributed by atoms with Crippen molar-refractivity contribution in [2.75, 3.05) is 18.4 Å². The van der Waals surface area contributed by atoms with Gasteiger partial charge in [-0.05, 0) is 74.2 Å². The number of aldehydes is 1. The van der Waals surface area contributed by atoms with Crippen LogP contribution in [0.25, 0.3) is 0 Å². The lowest BCUT2D eigenvalue weighted by molar-refractivity contribution is -0.139. The predicted molar refractivity (Wildman–Crippen MR) is 171 cm³/mol. The highest BCUT2D eigenvalue weighted by Gasteiger charge is 2.09. The molecule has 0 fully saturated rings. The second-order valence-electron chi connectivity index (χ2n) is 9.35. The summed E-state index contributed by atoms with van der Waals surface area (Å²) in [4.78, 5) is 41.8. The van der Waals surface area contributed by atoms with Gasteiger partial charge in [0, 0.05) is 17.7 Å². The number of hydrogen-bond donors (Lipinski definition) is 6. The second kappa shape index (κ2) is 25.3. The van der Waals surface area contributed by atoms with Gasteiger partial charge in [-0.3, -0.25) is 19.2 Å². The number of carboxylic acid groups (broad SMARTS) is 2. The lowest BCUT2D eigenvalue weighted by Crippen LogP contribution is -2.29. The van der Waals surface area contributed by atoms with Crippen LogP contribution in [-0.4, -0.2) is 53.5 Å². The van der Waals surface area contributed by atoms with Crippen LogP contribution >= 0.6 is 0 Å². The van der Waals surface area contributed by atoms with Crippen LogP contribution < -0.4 is 22.5 Å². The van der Waals surface area contributed by atoms with E-state index < -0.39 is 18.0 Å². The van der Waals surface area contributed by atoms with E-state index in [0.717, 1.165) is 49.8 Å². The second-order valence-corrected chi connectivity index (χ2v) is 9.35. The number of benzene rings is 3. The zero-order chi connectivity index (χ0) is 32.3. The van der Waals surface area contributed by atoms with E-state index in [0.29, 0.717) is 24.9 Å². The summed E-state index contributed by atoms with van der Waals surface area (Å²) < 4.78 is 0. The van der Waals surface area contributed by atoms with E-state index in [1.807, 2.05) is 43.3 Å². The van der Waals surface area contributed by atoms with Crippen molar-refractivity contribution in [3.05, 3.63) is 102 Å². The van der Waals surface area contributed by atoms with Crippen LogP contribution in [0.3, 0.4) is 0 Å². The smallest absolute Gasteiger partial charge is 0.320 e. The number of carboxylic acids is 2. The van der Waals surface area contributed by atoms with E-state index in [1.165, 1.54) is 5.56 Å². The molecule has 0 bridgehead atoms. The fourth-order valence-corrected chi connectivity index (χ4v) is 3.31. The van der Waals surface area contributed by atoms with Gasteiger partial charge >= 0.3 is 11.9 Å². The van der Waals surface area contributed by atoms with Crippen molar-refractivity contribution in [1.82, 2.24) is 0 Å². The minimum absolute atomic E-state index is 0.00588. The first-order valence-corrected chi connectivity index (χ1v) is 14.2. The van der Waals surface area contributed by atoms with Gasteiger partial charge in [-0.1, -0.05) is 74.0 Å². The molecule has 0 aliphatic heterocycles. The van der Waals surface area contributed by atoms with Gasteiger partial charge in [0.25, 0.3) is 0 Å². The summed E-state index contributed by atoms with van der Waals surface area (Å²) in [6, 6.07) is 25.5. The van der Waals surface area contributed by atoms with Gasteiger partial charge in [0.1, 0.15) is 12.3 Å². The molecule has 1 atom stereocenters. The average molecular weight is 595 g/mol. The predicted octanol–water partition coefficient (Wildman–Crippen LogP) is 4.27. The maximum absolute atomic E-state index is 11.2. The van der Waals surface area contributed by atoms with Crippen LogP contribution in [0.1, 0.15) is 60.5 Å². The van der Waals surface area contributed by atoms with Crippen LogP contribution in [0, 0.1) is 0 Å². The summed E-state index contributed by atoms with van der Waals surface area (Å²) in [5.41, 5.74) is 19.3. The lowest BCUT2D eigenvalue weighted by Gasteiger charge is -2.03. The van der Waals surface area contributed by atoms with Gasteiger partial charge in [0.05, 0.1) is 6.42 Å². The van der Waals surface area contributed by atoms with E-state index >= 15 is 0 Å². The number of unbranched alkanes of at least 4 members (excludes halogenated alkanes) is 1. The van der Waals surface area contributed by atoms with Gasteiger partial charge in [0.2, 0.25) is 5.91 Å². The zero-order valence-electron chi connectivity index (χ0n) is 24.9. The molecule has 3 aromatic rings. The molecule has 1 amide bonds. The number of aliphatic carboxylic acids is 2. The quantitative estimate of drug-likeness (QED) is 0.124. The van der Waals surface area contributed by atoms with Crippen molar-refractivity contribution in [2.24, 2.45) is 17.2 Å². The van der Waals surface area contributed by atoms with Gasteiger partial charge in [-0.25, -0.2) is 0 Å². The molecule has 0 unspecified atom stereocenters. The highest BCUT2D eigenvalue weighted by atomic mass is 16.4. The minimum Gasteiger partial charge on any atom is -0.481 e. The molecule has 10 heteroatoms. The van der Waals surface area contributed by atoms with E-state index in [4.69, 9.17) is 27.4 Å². The van der Waals surface area contributed by atoms with Crippen LogP contribution in [0.2, 0.25) is 0 Å². The van der Waals surface area contributed by atoms with Crippen LogP contribution in [0.5, 0.6) is 0 Å². The fraction of sp³-hybridized carbons (Fsp3) is 0.333. The Labute approximate surface area is 254 Å². The molecule has 0 heterocycles.